The van der Waals surface area contributed by atoms with Crippen molar-refractivity contribution in [3.8, 4) is 0 Å². The van der Waals surface area contributed by atoms with Gasteiger partial charge in [-0.05, 0) is 60.7 Å². The molecule has 0 fully saturated rings. The highest BCUT2D eigenvalue weighted by Crippen LogP contribution is 2.35. The van der Waals surface area contributed by atoms with Gasteiger partial charge in [-0.1, -0.05) is 96.6 Å². The Morgan fingerprint density at radius 2 is 1.34 bits per heavy atom. The molecule has 0 radical (unpaired) electrons. The van der Waals surface area contributed by atoms with Crippen molar-refractivity contribution in [1.29, 1.82) is 0 Å². The van der Waals surface area contributed by atoms with E-state index in [0.29, 0.717) is 16.7 Å². The van der Waals surface area contributed by atoms with Crippen LogP contribution in [0.15, 0.2) is 102 Å². The Balaban J connectivity index is 1.93. The lowest BCUT2D eigenvalue weighted by Gasteiger charge is -2.25. The number of aryl methyl sites for hydroxylation is 3. The molecule has 5 heteroatoms. The van der Waals surface area contributed by atoms with Gasteiger partial charge in [0, 0.05) is 5.56 Å². The average Bonchev–Trinajstić information content (AvgIpc) is 2.82. The summed E-state index contributed by atoms with van der Waals surface area (Å²) in [5, 5.41) is 0. The molecular formula is C30H28FNO2S. The zero-order valence-corrected chi connectivity index (χ0v) is 20.8. The molecule has 4 aromatic rings. The van der Waals surface area contributed by atoms with Gasteiger partial charge in [0.05, 0.1) is 10.9 Å². The molecular weight excluding hydrogens is 457 g/mol. The first-order valence-electron chi connectivity index (χ1n) is 11.4. The van der Waals surface area contributed by atoms with Crippen molar-refractivity contribution in [2.75, 3.05) is 0 Å². The van der Waals surface area contributed by atoms with Crippen LogP contribution in [0.3, 0.4) is 0 Å². The summed E-state index contributed by atoms with van der Waals surface area (Å²) in [6, 6.07) is 28.1. The minimum atomic E-state index is -4.01. The second-order valence-electron chi connectivity index (χ2n) is 8.68. The zero-order chi connectivity index (χ0) is 25.0. The van der Waals surface area contributed by atoms with Gasteiger partial charge in [0.25, 0.3) is 0 Å². The predicted molar refractivity (Wildman–Crippen MR) is 141 cm³/mol. The zero-order valence-electron chi connectivity index (χ0n) is 20.0. The molecule has 0 spiro atoms. The van der Waals surface area contributed by atoms with Crippen molar-refractivity contribution in [2.24, 2.45) is 0 Å². The molecule has 0 bridgehead atoms. The van der Waals surface area contributed by atoms with Gasteiger partial charge in [-0.2, -0.15) is 4.72 Å². The van der Waals surface area contributed by atoms with Crippen LogP contribution >= 0.6 is 0 Å². The maximum atomic E-state index is 15.2. The van der Waals surface area contributed by atoms with Gasteiger partial charge in [-0.25, -0.2) is 12.8 Å². The monoisotopic (exact) mass is 485 g/mol. The van der Waals surface area contributed by atoms with Gasteiger partial charge < -0.3 is 0 Å². The Kier molecular flexibility index (Phi) is 7.29. The number of hydrogen-bond acceptors (Lipinski definition) is 2. The molecule has 1 atom stereocenters. The van der Waals surface area contributed by atoms with Gasteiger partial charge >= 0.3 is 0 Å². The molecule has 3 nitrogen and oxygen atoms in total. The van der Waals surface area contributed by atoms with E-state index < -0.39 is 21.9 Å². The normalized spacial score (nSPS) is 13.0. The smallest absolute Gasteiger partial charge is 0.207 e. The maximum absolute atomic E-state index is 15.2. The van der Waals surface area contributed by atoms with E-state index in [9.17, 15) is 8.42 Å². The Morgan fingerprint density at radius 1 is 0.800 bits per heavy atom. The lowest BCUT2D eigenvalue weighted by atomic mass is 9.91. The van der Waals surface area contributed by atoms with E-state index in [4.69, 9.17) is 0 Å². The molecule has 0 saturated carbocycles. The van der Waals surface area contributed by atoms with E-state index in [2.05, 4.69) is 4.72 Å². The molecule has 0 aliphatic heterocycles. The maximum Gasteiger partial charge on any atom is 0.241 e. The van der Waals surface area contributed by atoms with Crippen molar-refractivity contribution < 1.29 is 12.8 Å². The van der Waals surface area contributed by atoms with Crippen molar-refractivity contribution in [2.45, 2.75) is 31.7 Å². The molecule has 1 N–H and O–H groups in total. The fourth-order valence-electron chi connectivity index (χ4n) is 4.50. The molecule has 0 aliphatic carbocycles. The minimum Gasteiger partial charge on any atom is -0.207 e. The molecule has 35 heavy (non-hydrogen) atoms. The quantitative estimate of drug-likeness (QED) is 0.286. The van der Waals surface area contributed by atoms with E-state index >= 15 is 4.39 Å². The third-order valence-electron chi connectivity index (χ3n) is 5.90. The number of nitrogens with one attached hydrogen (secondary N) is 1. The molecule has 0 amide bonds. The first kappa shape index (κ1) is 24.6. The number of hydrogen-bond donors (Lipinski definition) is 1. The SMILES string of the molecule is Cc1cc(C)c(S(=O)(=O)NC(C(=Cc2ccccc2)c2ccccc2)c2ccccc2F)c(C)c1. The van der Waals surface area contributed by atoms with E-state index in [1.165, 1.54) is 6.07 Å². The lowest BCUT2D eigenvalue weighted by Crippen LogP contribution is -2.31. The van der Waals surface area contributed by atoms with Crippen LogP contribution in [0.25, 0.3) is 11.6 Å². The highest BCUT2D eigenvalue weighted by molar-refractivity contribution is 7.89. The average molecular weight is 486 g/mol. The number of rotatable bonds is 7. The van der Waals surface area contributed by atoms with Gasteiger partial charge in [0.1, 0.15) is 5.82 Å². The molecule has 178 valence electrons. The van der Waals surface area contributed by atoms with Crippen LogP contribution in [0.1, 0.15) is 39.4 Å². The van der Waals surface area contributed by atoms with Gasteiger partial charge in [0.15, 0.2) is 0 Å². The molecule has 4 aromatic carbocycles. The largest absolute Gasteiger partial charge is 0.241 e. The van der Waals surface area contributed by atoms with Crippen LogP contribution in [0, 0.1) is 26.6 Å². The summed E-state index contributed by atoms with van der Waals surface area (Å²) in [6.07, 6.45) is 1.91. The Bertz CT molecular complexity index is 1440. The molecule has 0 saturated heterocycles. The third-order valence-corrected chi connectivity index (χ3v) is 7.63. The van der Waals surface area contributed by atoms with Crippen molar-refractivity contribution >= 4 is 21.7 Å². The molecule has 0 heterocycles. The predicted octanol–water partition coefficient (Wildman–Crippen LogP) is 7.01. The summed E-state index contributed by atoms with van der Waals surface area (Å²) < 4.78 is 45.6. The van der Waals surface area contributed by atoms with Crippen molar-refractivity contribution in [3.63, 3.8) is 0 Å². The molecule has 0 aromatic heterocycles. The molecule has 4 rings (SSSR count). The van der Waals surface area contributed by atoms with Crippen LogP contribution in [0.4, 0.5) is 4.39 Å². The van der Waals surface area contributed by atoms with E-state index in [-0.39, 0.29) is 10.5 Å². The third kappa shape index (κ3) is 5.59. The minimum absolute atomic E-state index is 0.219. The second kappa shape index (κ2) is 10.4. The van der Waals surface area contributed by atoms with Crippen molar-refractivity contribution in [3.05, 3.63) is 136 Å². The van der Waals surface area contributed by atoms with Gasteiger partial charge in [0.2, 0.25) is 10.0 Å². The summed E-state index contributed by atoms with van der Waals surface area (Å²) in [4.78, 5) is 0.219. The van der Waals surface area contributed by atoms with E-state index in [0.717, 1.165) is 16.7 Å². The summed E-state index contributed by atoms with van der Waals surface area (Å²) >= 11 is 0. The van der Waals surface area contributed by atoms with E-state index in [1.54, 1.807) is 32.0 Å². The fourth-order valence-corrected chi connectivity index (χ4v) is 6.15. The summed E-state index contributed by atoms with van der Waals surface area (Å²) in [7, 11) is -4.01. The Labute approximate surface area is 207 Å². The van der Waals surface area contributed by atoms with Crippen LogP contribution < -0.4 is 4.72 Å². The summed E-state index contributed by atoms with van der Waals surface area (Å²) in [5.41, 5.74) is 4.86. The van der Waals surface area contributed by atoms with Crippen molar-refractivity contribution in [1.82, 2.24) is 4.72 Å². The summed E-state index contributed by atoms with van der Waals surface area (Å²) in [6.45, 7) is 5.50. The second-order valence-corrected chi connectivity index (χ2v) is 10.3. The number of benzene rings is 4. The Hall–Kier alpha value is -3.54. The first-order chi connectivity index (χ1) is 16.8. The van der Waals surface area contributed by atoms with E-state index in [1.807, 2.05) is 85.8 Å². The van der Waals surface area contributed by atoms with Gasteiger partial charge in [-0.15, -0.1) is 0 Å². The first-order valence-corrected chi connectivity index (χ1v) is 12.9. The van der Waals surface area contributed by atoms with Crippen LogP contribution in [0.5, 0.6) is 0 Å². The standard InChI is InChI=1S/C30H28FNO2S/c1-21-18-22(2)30(23(3)19-21)35(33,34)32-29(26-16-10-11-17-28(26)31)27(25-14-8-5-9-15-25)20-24-12-6-4-7-13-24/h4-20,29,32H,1-3H3. The Morgan fingerprint density at radius 3 is 1.94 bits per heavy atom. The number of halogens is 1. The summed E-state index contributed by atoms with van der Waals surface area (Å²) in [5.74, 6) is -0.479. The molecule has 1 unspecified atom stereocenters. The van der Waals surface area contributed by atoms with Crippen LogP contribution in [-0.2, 0) is 10.0 Å². The highest BCUT2D eigenvalue weighted by atomic mass is 32.2. The number of sulfonamides is 1. The highest BCUT2D eigenvalue weighted by Gasteiger charge is 2.29. The van der Waals surface area contributed by atoms with Crippen LogP contribution in [-0.4, -0.2) is 8.42 Å². The van der Waals surface area contributed by atoms with Crippen LogP contribution in [0.2, 0.25) is 0 Å². The topological polar surface area (TPSA) is 46.2 Å². The molecule has 0 aliphatic rings. The lowest BCUT2D eigenvalue weighted by molar-refractivity contribution is 0.564. The fraction of sp³-hybridized carbons (Fsp3) is 0.133. The van der Waals surface area contributed by atoms with Gasteiger partial charge in [-0.3, -0.25) is 0 Å².